The summed E-state index contributed by atoms with van der Waals surface area (Å²) < 4.78 is 6.55. The molecule has 0 N–H and O–H groups in total. The van der Waals surface area contributed by atoms with Gasteiger partial charge in [0.25, 0.3) is 0 Å². The monoisotopic (exact) mass is 701 g/mol. The lowest BCUT2D eigenvalue weighted by Crippen LogP contribution is -2.01. The Morgan fingerprint density at radius 3 is 1.58 bits per heavy atom. The molecule has 0 aliphatic carbocycles. The molecule has 0 aliphatic rings. The molecule has 4 heteroatoms. The lowest BCUT2D eigenvalue weighted by molar-refractivity contribution is 0.672. The summed E-state index contributed by atoms with van der Waals surface area (Å²) in [6.07, 6.45) is 0. The maximum atomic E-state index is 6.55. The molecule has 0 unspecified atom stereocenters. The van der Waals surface area contributed by atoms with Crippen molar-refractivity contribution in [1.29, 1.82) is 0 Å². The van der Waals surface area contributed by atoms with Crippen molar-refractivity contribution < 1.29 is 4.42 Å². The molecule has 0 atom stereocenters. The van der Waals surface area contributed by atoms with E-state index in [2.05, 4.69) is 170 Å². The first-order chi connectivity index (χ1) is 27.2. The summed E-state index contributed by atoms with van der Waals surface area (Å²) in [5.41, 5.74) is 9.02. The van der Waals surface area contributed by atoms with Gasteiger partial charge in [0.15, 0.2) is 17.5 Å². The molecule has 55 heavy (non-hydrogen) atoms. The number of fused-ring (bicyclic) bond motifs is 7. The van der Waals surface area contributed by atoms with Crippen molar-refractivity contribution in [2.24, 2.45) is 0 Å². The van der Waals surface area contributed by atoms with Gasteiger partial charge >= 0.3 is 0 Å². The minimum Gasteiger partial charge on any atom is -0.455 e. The zero-order valence-corrected chi connectivity index (χ0v) is 29.6. The van der Waals surface area contributed by atoms with E-state index in [1.165, 1.54) is 21.7 Å². The first kappa shape index (κ1) is 31.1. The van der Waals surface area contributed by atoms with Crippen LogP contribution in [0.1, 0.15) is 0 Å². The van der Waals surface area contributed by atoms with E-state index in [0.717, 1.165) is 71.5 Å². The summed E-state index contributed by atoms with van der Waals surface area (Å²) in [4.78, 5) is 15.7. The van der Waals surface area contributed by atoms with E-state index < -0.39 is 0 Å². The molecule has 0 saturated heterocycles. The lowest BCUT2D eigenvalue weighted by atomic mass is 9.95. The van der Waals surface area contributed by atoms with Gasteiger partial charge in [-0.1, -0.05) is 152 Å². The molecule has 0 bridgehead atoms. The summed E-state index contributed by atoms with van der Waals surface area (Å²) in [7, 11) is 0. The number of nitrogens with zero attached hydrogens (tertiary/aromatic N) is 3. The molecule has 9 aromatic carbocycles. The molecule has 0 spiro atoms. The fourth-order valence-electron chi connectivity index (χ4n) is 7.85. The summed E-state index contributed by atoms with van der Waals surface area (Å²) >= 11 is 0. The van der Waals surface area contributed by atoms with Crippen LogP contribution in [0.5, 0.6) is 0 Å². The molecule has 0 fully saturated rings. The van der Waals surface area contributed by atoms with E-state index >= 15 is 0 Å². The Labute approximate surface area is 317 Å². The maximum absolute atomic E-state index is 6.55. The standard InChI is InChI=1S/C51H31N3O/c1-2-10-32(11-3-1)40-26-27-43-44(30-40)46(31-45-42-16-8-9-17-47(42)55-48(43)45)51-53-49(52-50(54-51)41-25-21-34-13-5-7-15-38(34)29-41)36-22-18-35(19-23-36)39-24-20-33-12-4-6-14-37(33)28-39/h1-31H. The lowest BCUT2D eigenvalue weighted by Gasteiger charge is -2.13. The molecule has 0 saturated carbocycles. The van der Waals surface area contributed by atoms with Crippen molar-refractivity contribution in [2.45, 2.75) is 0 Å². The third-order valence-electron chi connectivity index (χ3n) is 10.7. The average molecular weight is 702 g/mol. The molecule has 0 radical (unpaired) electrons. The predicted molar refractivity (Wildman–Crippen MR) is 227 cm³/mol. The van der Waals surface area contributed by atoms with Crippen molar-refractivity contribution in [3.05, 3.63) is 188 Å². The fraction of sp³-hybridized carbons (Fsp3) is 0. The Morgan fingerprint density at radius 1 is 0.291 bits per heavy atom. The zero-order chi connectivity index (χ0) is 36.3. The van der Waals surface area contributed by atoms with Crippen LogP contribution in [0.4, 0.5) is 0 Å². The second-order valence-electron chi connectivity index (χ2n) is 14.0. The van der Waals surface area contributed by atoms with Gasteiger partial charge in [0.05, 0.1) is 0 Å². The summed E-state index contributed by atoms with van der Waals surface area (Å²) in [5.74, 6) is 1.84. The molecule has 2 aromatic heterocycles. The number of rotatable bonds is 5. The predicted octanol–water partition coefficient (Wildman–Crippen LogP) is 13.6. The van der Waals surface area contributed by atoms with Crippen LogP contribution in [0.2, 0.25) is 0 Å². The first-order valence-electron chi connectivity index (χ1n) is 18.5. The van der Waals surface area contributed by atoms with Crippen LogP contribution < -0.4 is 0 Å². The van der Waals surface area contributed by atoms with Gasteiger partial charge in [0.2, 0.25) is 0 Å². The van der Waals surface area contributed by atoms with Crippen LogP contribution in [0.15, 0.2) is 192 Å². The second kappa shape index (κ2) is 12.6. The molecule has 0 amide bonds. The van der Waals surface area contributed by atoms with Gasteiger partial charge < -0.3 is 4.42 Å². The SMILES string of the molecule is c1ccc(-c2ccc3c(c2)c(-c2nc(-c4ccc(-c5ccc6ccccc6c5)cc4)nc(-c4ccc5ccccc5c4)n2)cc2c4ccccc4oc32)cc1. The van der Waals surface area contributed by atoms with Gasteiger partial charge in [-0.15, -0.1) is 0 Å². The molecule has 0 aliphatic heterocycles. The summed E-state index contributed by atoms with van der Waals surface area (Å²) in [5, 5.41) is 8.86. The number of aromatic nitrogens is 3. The Balaban J connectivity index is 1.14. The van der Waals surface area contributed by atoms with E-state index in [1.54, 1.807) is 0 Å². The highest BCUT2D eigenvalue weighted by Gasteiger charge is 2.20. The van der Waals surface area contributed by atoms with Gasteiger partial charge in [0.1, 0.15) is 11.2 Å². The quantitative estimate of drug-likeness (QED) is 0.179. The average Bonchev–Trinajstić information content (AvgIpc) is 3.64. The van der Waals surface area contributed by atoms with Crippen LogP contribution in [0, 0.1) is 0 Å². The molecular weight excluding hydrogens is 671 g/mol. The van der Waals surface area contributed by atoms with Gasteiger partial charge in [0, 0.05) is 32.8 Å². The Bertz CT molecular complexity index is 3260. The third-order valence-corrected chi connectivity index (χ3v) is 10.7. The maximum Gasteiger partial charge on any atom is 0.164 e. The molecule has 11 rings (SSSR count). The van der Waals surface area contributed by atoms with Crippen molar-refractivity contribution in [3.8, 4) is 56.4 Å². The summed E-state index contributed by atoms with van der Waals surface area (Å²) in [6, 6.07) is 65.9. The highest BCUT2D eigenvalue weighted by Crippen LogP contribution is 2.41. The number of furan rings is 1. The number of hydrogen-bond acceptors (Lipinski definition) is 4. The van der Waals surface area contributed by atoms with Crippen LogP contribution in [-0.4, -0.2) is 15.0 Å². The van der Waals surface area contributed by atoms with Gasteiger partial charge in [-0.25, -0.2) is 15.0 Å². The van der Waals surface area contributed by atoms with Crippen molar-refractivity contribution in [3.63, 3.8) is 0 Å². The minimum absolute atomic E-state index is 0.606. The molecular formula is C51H31N3O. The highest BCUT2D eigenvalue weighted by molar-refractivity contribution is 6.19. The normalized spacial score (nSPS) is 11.6. The third kappa shape index (κ3) is 5.43. The number of para-hydroxylation sites is 1. The van der Waals surface area contributed by atoms with Crippen molar-refractivity contribution >= 4 is 54.3 Å². The number of hydrogen-bond donors (Lipinski definition) is 0. The smallest absolute Gasteiger partial charge is 0.164 e. The topological polar surface area (TPSA) is 51.8 Å². The van der Waals surface area contributed by atoms with E-state index in [0.29, 0.717) is 17.5 Å². The van der Waals surface area contributed by atoms with Crippen molar-refractivity contribution in [1.82, 2.24) is 15.0 Å². The highest BCUT2D eigenvalue weighted by atomic mass is 16.3. The summed E-state index contributed by atoms with van der Waals surface area (Å²) in [6.45, 7) is 0. The molecule has 256 valence electrons. The van der Waals surface area contributed by atoms with Crippen LogP contribution in [0.25, 0.3) is 111 Å². The van der Waals surface area contributed by atoms with Gasteiger partial charge in [-0.2, -0.15) is 0 Å². The number of benzene rings is 9. The second-order valence-corrected chi connectivity index (χ2v) is 14.0. The molecule has 2 heterocycles. The molecule has 11 aromatic rings. The van der Waals surface area contributed by atoms with Gasteiger partial charge in [-0.05, 0) is 85.6 Å². The van der Waals surface area contributed by atoms with E-state index in [4.69, 9.17) is 19.4 Å². The van der Waals surface area contributed by atoms with Crippen LogP contribution >= 0.6 is 0 Å². The molecule has 4 nitrogen and oxygen atoms in total. The van der Waals surface area contributed by atoms with Crippen LogP contribution in [-0.2, 0) is 0 Å². The first-order valence-corrected chi connectivity index (χ1v) is 18.5. The Kier molecular flexibility index (Phi) is 7.14. The Hall–Kier alpha value is -7.43. The largest absolute Gasteiger partial charge is 0.455 e. The van der Waals surface area contributed by atoms with E-state index in [1.807, 2.05) is 18.2 Å². The zero-order valence-electron chi connectivity index (χ0n) is 29.6. The Morgan fingerprint density at radius 2 is 0.818 bits per heavy atom. The van der Waals surface area contributed by atoms with E-state index in [9.17, 15) is 0 Å². The van der Waals surface area contributed by atoms with Gasteiger partial charge in [-0.3, -0.25) is 0 Å². The van der Waals surface area contributed by atoms with Crippen LogP contribution in [0.3, 0.4) is 0 Å². The minimum atomic E-state index is 0.606. The fourth-order valence-corrected chi connectivity index (χ4v) is 7.85. The van der Waals surface area contributed by atoms with Crippen molar-refractivity contribution in [2.75, 3.05) is 0 Å². The van der Waals surface area contributed by atoms with E-state index in [-0.39, 0.29) is 0 Å².